The number of fused-ring (bicyclic) bond motifs is 1. The molecule has 26 heavy (non-hydrogen) atoms. The van der Waals surface area contributed by atoms with Gasteiger partial charge in [0.05, 0.1) is 6.61 Å². The van der Waals surface area contributed by atoms with E-state index in [1.54, 1.807) is 0 Å². The van der Waals surface area contributed by atoms with Crippen molar-refractivity contribution in [2.45, 2.75) is 58.8 Å². The summed E-state index contributed by atoms with van der Waals surface area (Å²) in [4.78, 5) is 0. The summed E-state index contributed by atoms with van der Waals surface area (Å²) in [5, 5.41) is 19.5. The molecule has 140 valence electrons. The predicted molar refractivity (Wildman–Crippen MR) is 102 cm³/mol. The molecule has 1 aliphatic rings. The molecule has 4 heteroatoms. The Morgan fingerprint density at radius 1 is 1.12 bits per heavy atom. The number of rotatable bonds is 5. The Labute approximate surface area is 155 Å². The van der Waals surface area contributed by atoms with Gasteiger partial charge in [0.2, 0.25) is 0 Å². The molecule has 0 amide bonds. The van der Waals surface area contributed by atoms with E-state index in [1.165, 1.54) is 0 Å². The second-order valence-electron chi connectivity index (χ2n) is 7.40. The molecule has 2 atom stereocenters. The first-order valence-corrected chi connectivity index (χ1v) is 9.14. The van der Waals surface area contributed by atoms with Crippen LogP contribution in [0.15, 0.2) is 30.3 Å². The smallest absolute Gasteiger partial charge is 0.135 e. The van der Waals surface area contributed by atoms with Crippen LogP contribution in [-0.2, 0) is 13.0 Å². The summed E-state index contributed by atoms with van der Waals surface area (Å²) in [5.74, 6) is 1.74. The van der Waals surface area contributed by atoms with Crippen LogP contribution in [0.5, 0.6) is 11.5 Å². The van der Waals surface area contributed by atoms with Crippen molar-refractivity contribution in [1.82, 2.24) is 0 Å². The van der Waals surface area contributed by atoms with Crippen molar-refractivity contribution in [2.24, 2.45) is 0 Å². The molecule has 2 N–H and O–H groups in total. The van der Waals surface area contributed by atoms with Crippen LogP contribution in [0.1, 0.15) is 41.2 Å². The molecule has 1 heterocycles. The summed E-state index contributed by atoms with van der Waals surface area (Å²) in [6.45, 7) is 8.23. The average molecular weight is 356 g/mol. The van der Waals surface area contributed by atoms with Crippen molar-refractivity contribution in [3.05, 3.63) is 58.1 Å². The van der Waals surface area contributed by atoms with E-state index in [4.69, 9.17) is 9.47 Å². The lowest BCUT2D eigenvalue weighted by atomic mass is 9.84. The Morgan fingerprint density at radius 2 is 1.81 bits per heavy atom. The van der Waals surface area contributed by atoms with Crippen molar-refractivity contribution in [2.75, 3.05) is 6.61 Å². The van der Waals surface area contributed by atoms with E-state index in [1.807, 2.05) is 39.0 Å². The van der Waals surface area contributed by atoms with Gasteiger partial charge in [-0.25, -0.2) is 0 Å². The average Bonchev–Trinajstić information content (AvgIpc) is 2.66. The van der Waals surface area contributed by atoms with Crippen LogP contribution in [0.3, 0.4) is 0 Å². The fourth-order valence-electron chi connectivity index (χ4n) is 3.63. The van der Waals surface area contributed by atoms with Gasteiger partial charge in [0.25, 0.3) is 0 Å². The van der Waals surface area contributed by atoms with Gasteiger partial charge in [0.1, 0.15) is 29.8 Å². The quantitative estimate of drug-likeness (QED) is 0.859. The standard InChI is InChI=1S/C22H28O4/c1-14-15(2)21-18(10-11-22(4,26-21)19(24)12-23)16(3)20(14)25-13-17-8-6-5-7-9-17/h5-9,19,23-24H,10-13H2,1-4H3/t19-,22+/m1/s1. The molecule has 1 aliphatic heterocycles. The lowest BCUT2D eigenvalue weighted by Gasteiger charge is -2.40. The lowest BCUT2D eigenvalue weighted by molar-refractivity contribution is -0.0767. The predicted octanol–water partition coefficient (Wildman–Crippen LogP) is 3.63. The van der Waals surface area contributed by atoms with Crippen LogP contribution in [0, 0.1) is 20.8 Å². The molecular weight excluding hydrogens is 328 g/mol. The van der Waals surface area contributed by atoms with Crippen molar-refractivity contribution >= 4 is 0 Å². The molecule has 2 aromatic carbocycles. The molecule has 0 saturated carbocycles. The second-order valence-corrected chi connectivity index (χ2v) is 7.40. The van der Waals surface area contributed by atoms with E-state index in [9.17, 15) is 10.2 Å². The van der Waals surface area contributed by atoms with E-state index in [0.717, 1.165) is 45.7 Å². The van der Waals surface area contributed by atoms with Crippen molar-refractivity contribution < 1.29 is 19.7 Å². The Morgan fingerprint density at radius 3 is 2.46 bits per heavy atom. The van der Waals surface area contributed by atoms with E-state index in [0.29, 0.717) is 13.0 Å². The molecule has 0 bridgehead atoms. The molecule has 0 spiro atoms. The maximum absolute atomic E-state index is 10.2. The molecule has 4 nitrogen and oxygen atoms in total. The van der Waals surface area contributed by atoms with E-state index in [-0.39, 0.29) is 6.61 Å². The Kier molecular flexibility index (Phi) is 5.26. The van der Waals surface area contributed by atoms with Gasteiger partial charge in [0, 0.05) is 5.56 Å². The highest BCUT2D eigenvalue weighted by molar-refractivity contribution is 5.59. The van der Waals surface area contributed by atoms with Gasteiger partial charge in [0.15, 0.2) is 0 Å². The van der Waals surface area contributed by atoms with Gasteiger partial charge in [-0.05, 0) is 62.8 Å². The summed E-state index contributed by atoms with van der Waals surface area (Å²) >= 11 is 0. The SMILES string of the molecule is Cc1c(C)c2c(c(C)c1OCc1ccccc1)CC[C@@](C)([C@H](O)CO)O2. The molecule has 0 aromatic heterocycles. The van der Waals surface area contributed by atoms with Gasteiger partial charge in [-0.2, -0.15) is 0 Å². The summed E-state index contributed by atoms with van der Waals surface area (Å²) in [5.41, 5.74) is 4.69. The zero-order chi connectivity index (χ0) is 18.9. The summed E-state index contributed by atoms with van der Waals surface area (Å²) < 4.78 is 12.4. The summed E-state index contributed by atoms with van der Waals surface area (Å²) in [6.07, 6.45) is 0.547. The van der Waals surface area contributed by atoms with E-state index < -0.39 is 11.7 Å². The Balaban J connectivity index is 1.93. The number of aliphatic hydroxyl groups excluding tert-OH is 2. The highest BCUT2D eigenvalue weighted by Crippen LogP contribution is 2.44. The van der Waals surface area contributed by atoms with E-state index >= 15 is 0 Å². The van der Waals surface area contributed by atoms with Gasteiger partial charge in [-0.1, -0.05) is 30.3 Å². The van der Waals surface area contributed by atoms with Gasteiger partial charge >= 0.3 is 0 Å². The summed E-state index contributed by atoms with van der Waals surface area (Å²) in [7, 11) is 0. The van der Waals surface area contributed by atoms with Gasteiger partial charge in [-0.3, -0.25) is 0 Å². The van der Waals surface area contributed by atoms with Crippen molar-refractivity contribution in [3.63, 3.8) is 0 Å². The normalized spacial score (nSPS) is 20.2. The van der Waals surface area contributed by atoms with Crippen LogP contribution < -0.4 is 9.47 Å². The van der Waals surface area contributed by atoms with E-state index in [2.05, 4.69) is 19.1 Å². The maximum atomic E-state index is 10.2. The molecule has 0 radical (unpaired) electrons. The zero-order valence-electron chi connectivity index (χ0n) is 16.0. The molecule has 0 unspecified atom stereocenters. The first-order valence-electron chi connectivity index (χ1n) is 9.14. The minimum absolute atomic E-state index is 0.304. The largest absolute Gasteiger partial charge is 0.488 e. The zero-order valence-corrected chi connectivity index (χ0v) is 16.0. The first-order chi connectivity index (χ1) is 12.4. The minimum atomic E-state index is -0.898. The number of hydrogen-bond acceptors (Lipinski definition) is 4. The fourth-order valence-corrected chi connectivity index (χ4v) is 3.63. The maximum Gasteiger partial charge on any atom is 0.135 e. The second kappa shape index (κ2) is 7.29. The monoisotopic (exact) mass is 356 g/mol. The van der Waals surface area contributed by atoms with Crippen LogP contribution in [0.25, 0.3) is 0 Å². The van der Waals surface area contributed by atoms with Gasteiger partial charge < -0.3 is 19.7 Å². The highest BCUT2D eigenvalue weighted by atomic mass is 16.5. The lowest BCUT2D eigenvalue weighted by Crippen LogP contribution is -2.49. The molecule has 0 aliphatic carbocycles. The third-order valence-corrected chi connectivity index (χ3v) is 5.62. The number of benzene rings is 2. The molecule has 2 aromatic rings. The summed E-state index contributed by atoms with van der Waals surface area (Å²) in [6, 6.07) is 10.1. The topological polar surface area (TPSA) is 58.9 Å². The third-order valence-electron chi connectivity index (χ3n) is 5.62. The number of aliphatic hydroxyl groups is 2. The van der Waals surface area contributed by atoms with Crippen LogP contribution in [-0.4, -0.2) is 28.5 Å². The van der Waals surface area contributed by atoms with Crippen LogP contribution in [0.2, 0.25) is 0 Å². The van der Waals surface area contributed by atoms with Crippen molar-refractivity contribution in [3.8, 4) is 11.5 Å². The molecular formula is C22H28O4. The Bertz CT molecular complexity index is 785. The minimum Gasteiger partial charge on any atom is -0.488 e. The first kappa shape index (κ1) is 18.7. The van der Waals surface area contributed by atoms with Gasteiger partial charge in [-0.15, -0.1) is 0 Å². The molecule has 0 fully saturated rings. The third kappa shape index (κ3) is 3.31. The van der Waals surface area contributed by atoms with Crippen molar-refractivity contribution in [1.29, 1.82) is 0 Å². The van der Waals surface area contributed by atoms with Crippen LogP contribution >= 0.6 is 0 Å². The Hall–Kier alpha value is -2.04. The highest BCUT2D eigenvalue weighted by Gasteiger charge is 2.40. The number of hydrogen-bond donors (Lipinski definition) is 2. The fraction of sp³-hybridized carbons (Fsp3) is 0.455. The number of ether oxygens (including phenoxy) is 2. The molecule has 0 saturated heterocycles. The molecule has 3 rings (SSSR count). The van der Waals surface area contributed by atoms with Crippen LogP contribution in [0.4, 0.5) is 0 Å².